The van der Waals surface area contributed by atoms with Gasteiger partial charge in [-0.3, -0.25) is 0 Å². The van der Waals surface area contributed by atoms with Gasteiger partial charge in [0.25, 0.3) is 0 Å². The Morgan fingerprint density at radius 3 is 2.36 bits per heavy atom. The van der Waals surface area contributed by atoms with Crippen LogP contribution < -0.4 is 15.4 Å². The largest absolute Gasteiger partial charge is 0.492 e. The van der Waals surface area contributed by atoms with Crippen molar-refractivity contribution in [1.82, 2.24) is 14.9 Å². The summed E-state index contributed by atoms with van der Waals surface area (Å²) in [6, 6.07) is 5.75. The highest BCUT2D eigenvalue weighted by atomic mass is 32.2. The van der Waals surface area contributed by atoms with Crippen molar-refractivity contribution >= 4 is 16.1 Å². The van der Waals surface area contributed by atoms with Gasteiger partial charge in [0.05, 0.1) is 12.8 Å². The lowest BCUT2D eigenvalue weighted by Crippen LogP contribution is -2.49. The molecule has 0 saturated carbocycles. The van der Waals surface area contributed by atoms with Crippen LogP contribution in [0, 0.1) is 13.8 Å². The molecule has 1 aromatic rings. The fourth-order valence-corrected chi connectivity index (χ4v) is 3.79. The van der Waals surface area contributed by atoms with Crippen molar-refractivity contribution in [2.45, 2.75) is 32.7 Å². The third kappa shape index (κ3) is 6.55. The van der Waals surface area contributed by atoms with Crippen molar-refractivity contribution < 1.29 is 17.9 Å². The first kappa shape index (κ1) is 19.5. The Morgan fingerprint density at radius 2 is 1.80 bits per heavy atom. The molecule has 0 aliphatic carbocycles. The number of sulfonamides is 1. The molecule has 2 N–H and O–H groups in total. The summed E-state index contributed by atoms with van der Waals surface area (Å²) in [6.45, 7) is 5.71. The lowest BCUT2D eigenvalue weighted by atomic mass is 10.1. The number of urea groups is 1. The van der Waals surface area contributed by atoms with E-state index in [1.807, 2.05) is 26.0 Å². The average molecular weight is 369 g/mol. The van der Waals surface area contributed by atoms with Crippen LogP contribution in [0.1, 0.15) is 24.0 Å². The van der Waals surface area contributed by atoms with Gasteiger partial charge in [0.15, 0.2) is 0 Å². The highest BCUT2D eigenvalue weighted by Crippen LogP contribution is 2.16. The Morgan fingerprint density at radius 1 is 1.20 bits per heavy atom. The number of carbonyl (C=O) groups excluding carboxylic acids is 1. The quantitative estimate of drug-likeness (QED) is 0.742. The standard InChI is InChI=1S/C17H27N3O4S/c1-13-10-14(2)12-16(11-13)24-9-6-18-17(21)19-15-4-7-20(8-5-15)25(3,22)23/h10-12,15H,4-9H2,1-3H3,(H2,18,19,21). The number of nitrogens with zero attached hydrogens (tertiary/aromatic N) is 1. The fourth-order valence-electron chi connectivity index (χ4n) is 2.92. The number of ether oxygens (including phenoxy) is 1. The monoisotopic (exact) mass is 369 g/mol. The molecule has 1 fully saturated rings. The van der Waals surface area contributed by atoms with Gasteiger partial charge in [-0.2, -0.15) is 0 Å². The van der Waals surface area contributed by atoms with E-state index in [2.05, 4.69) is 16.7 Å². The van der Waals surface area contributed by atoms with E-state index in [-0.39, 0.29) is 12.1 Å². The van der Waals surface area contributed by atoms with Gasteiger partial charge in [-0.25, -0.2) is 17.5 Å². The number of hydrogen-bond donors (Lipinski definition) is 2. The topological polar surface area (TPSA) is 87.7 Å². The van der Waals surface area contributed by atoms with Crippen molar-refractivity contribution in [3.05, 3.63) is 29.3 Å². The third-order valence-corrected chi connectivity index (χ3v) is 5.41. The zero-order valence-electron chi connectivity index (χ0n) is 15.0. The number of piperidine rings is 1. The van der Waals surface area contributed by atoms with E-state index in [4.69, 9.17) is 4.74 Å². The van der Waals surface area contributed by atoms with Crippen molar-refractivity contribution in [2.24, 2.45) is 0 Å². The second-order valence-corrected chi connectivity index (χ2v) is 8.49. The number of aryl methyl sites for hydroxylation is 2. The first-order chi connectivity index (χ1) is 11.7. The molecule has 0 atom stereocenters. The van der Waals surface area contributed by atoms with E-state index in [0.717, 1.165) is 16.9 Å². The van der Waals surface area contributed by atoms with Crippen LogP contribution in [-0.4, -0.2) is 57.3 Å². The van der Waals surface area contributed by atoms with Crippen LogP contribution in [0.15, 0.2) is 18.2 Å². The van der Waals surface area contributed by atoms with Crippen LogP contribution in [-0.2, 0) is 10.0 Å². The van der Waals surface area contributed by atoms with E-state index in [1.54, 1.807) is 0 Å². The molecule has 1 saturated heterocycles. The first-order valence-corrected chi connectivity index (χ1v) is 10.3. The summed E-state index contributed by atoms with van der Waals surface area (Å²) in [5, 5.41) is 5.64. The Kier molecular flexibility index (Phi) is 6.66. The Bertz CT molecular complexity index is 678. The molecule has 0 unspecified atom stereocenters. The Labute approximate surface area is 149 Å². The van der Waals surface area contributed by atoms with Crippen LogP contribution in [0.4, 0.5) is 4.79 Å². The third-order valence-electron chi connectivity index (χ3n) is 4.11. The maximum absolute atomic E-state index is 11.9. The zero-order valence-corrected chi connectivity index (χ0v) is 15.9. The zero-order chi connectivity index (χ0) is 18.4. The predicted octanol–water partition coefficient (Wildman–Crippen LogP) is 1.41. The van der Waals surface area contributed by atoms with Crippen LogP contribution in [0.25, 0.3) is 0 Å². The molecular formula is C17H27N3O4S. The highest BCUT2D eigenvalue weighted by molar-refractivity contribution is 7.88. The molecule has 0 aromatic heterocycles. The van der Waals surface area contributed by atoms with E-state index in [9.17, 15) is 13.2 Å². The molecule has 140 valence electrons. The summed E-state index contributed by atoms with van der Waals surface area (Å²) in [4.78, 5) is 11.9. The summed E-state index contributed by atoms with van der Waals surface area (Å²) in [5.41, 5.74) is 2.28. The smallest absolute Gasteiger partial charge is 0.315 e. The molecule has 25 heavy (non-hydrogen) atoms. The number of hydrogen-bond acceptors (Lipinski definition) is 4. The van der Waals surface area contributed by atoms with Crippen molar-refractivity contribution in [3.63, 3.8) is 0 Å². The molecule has 1 heterocycles. The van der Waals surface area contributed by atoms with Gasteiger partial charge in [-0.1, -0.05) is 6.07 Å². The SMILES string of the molecule is Cc1cc(C)cc(OCCNC(=O)NC2CCN(S(C)(=O)=O)CC2)c1. The van der Waals surface area contributed by atoms with Crippen LogP contribution in [0.5, 0.6) is 5.75 Å². The molecule has 8 heteroatoms. The molecule has 1 aliphatic rings. The summed E-state index contributed by atoms with van der Waals surface area (Å²) >= 11 is 0. The highest BCUT2D eigenvalue weighted by Gasteiger charge is 2.25. The molecule has 7 nitrogen and oxygen atoms in total. The van der Waals surface area contributed by atoms with E-state index in [0.29, 0.717) is 39.1 Å². The number of nitrogens with one attached hydrogen (secondary N) is 2. The average Bonchev–Trinajstić information content (AvgIpc) is 2.50. The summed E-state index contributed by atoms with van der Waals surface area (Å²) in [7, 11) is -3.14. The Balaban J connectivity index is 1.64. The van der Waals surface area contributed by atoms with E-state index >= 15 is 0 Å². The summed E-state index contributed by atoms with van der Waals surface area (Å²) in [5.74, 6) is 0.799. The van der Waals surface area contributed by atoms with Gasteiger partial charge in [0, 0.05) is 19.1 Å². The van der Waals surface area contributed by atoms with Gasteiger partial charge in [-0.05, 0) is 49.9 Å². The Hall–Kier alpha value is -1.80. The van der Waals surface area contributed by atoms with Crippen molar-refractivity contribution in [3.8, 4) is 5.75 Å². The number of benzene rings is 1. The molecule has 0 bridgehead atoms. The lowest BCUT2D eigenvalue weighted by Gasteiger charge is -2.30. The normalized spacial score (nSPS) is 16.4. The molecule has 1 aliphatic heterocycles. The van der Waals surface area contributed by atoms with E-state index in [1.165, 1.54) is 10.6 Å². The maximum atomic E-state index is 11.9. The van der Waals surface area contributed by atoms with Gasteiger partial charge in [-0.15, -0.1) is 0 Å². The lowest BCUT2D eigenvalue weighted by molar-refractivity contribution is 0.224. The van der Waals surface area contributed by atoms with Gasteiger partial charge < -0.3 is 15.4 Å². The minimum absolute atomic E-state index is 0.00154. The van der Waals surface area contributed by atoms with Gasteiger partial charge >= 0.3 is 6.03 Å². The number of carbonyl (C=O) groups is 1. The molecule has 0 radical (unpaired) electrons. The number of rotatable bonds is 6. The summed E-state index contributed by atoms with van der Waals surface area (Å²) in [6.07, 6.45) is 2.46. The minimum Gasteiger partial charge on any atom is -0.492 e. The minimum atomic E-state index is -3.14. The molecule has 1 aromatic carbocycles. The van der Waals surface area contributed by atoms with Crippen LogP contribution in [0.2, 0.25) is 0 Å². The first-order valence-electron chi connectivity index (χ1n) is 8.44. The van der Waals surface area contributed by atoms with Crippen LogP contribution in [0.3, 0.4) is 0 Å². The number of amides is 2. The molecule has 2 rings (SSSR count). The van der Waals surface area contributed by atoms with Crippen LogP contribution >= 0.6 is 0 Å². The summed E-state index contributed by atoms with van der Waals surface area (Å²) < 4.78 is 30.0. The second kappa shape index (κ2) is 8.53. The van der Waals surface area contributed by atoms with E-state index < -0.39 is 10.0 Å². The molecule has 0 spiro atoms. The maximum Gasteiger partial charge on any atom is 0.315 e. The van der Waals surface area contributed by atoms with Crippen molar-refractivity contribution in [2.75, 3.05) is 32.5 Å². The molecule has 2 amide bonds. The molecular weight excluding hydrogens is 342 g/mol. The van der Waals surface area contributed by atoms with Gasteiger partial charge in [0.2, 0.25) is 10.0 Å². The predicted molar refractivity (Wildman–Crippen MR) is 97.4 cm³/mol. The van der Waals surface area contributed by atoms with Gasteiger partial charge in [0.1, 0.15) is 12.4 Å². The second-order valence-electron chi connectivity index (χ2n) is 6.51. The fraction of sp³-hybridized carbons (Fsp3) is 0.588. The van der Waals surface area contributed by atoms with Crippen molar-refractivity contribution in [1.29, 1.82) is 0 Å².